The van der Waals surface area contributed by atoms with Crippen LogP contribution in [0.2, 0.25) is 0 Å². The van der Waals surface area contributed by atoms with E-state index in [1.807, 2.05) is 0 Å². The maximum absolute atomic E-state index is 13.6. The van der Waals surface area contributed by atoms with Crippen molar-refractivity contribution >= 4 is 33.7 Å². The van der Waals surface area contributed by atoms with Crippen molar-refractivity contribution < 1.29 is 32.3 Å². The standard InChI is InChI=1S/C14H11BrF3NO4/c1-13(14(16,17)18)9-5-7(15)3-4-8(9)11(21)19(12(13)22)6-10(20)23-2/h3-5H,6H2,1-2H3. The second kappa shape index (κ2) is 5.63. The first kappa shape index (κ1) is 17.5. The van der Waals surface area contributed by atoms with E-state index in [1.54, 1.807) is 0 Å². The van der Waals surface area contributed by atoms with Crippen LogP contribution in [0.3, 0.4) is 0 Å². The van der Waals surface area contributed by atoms with E-state index in [0.717, 1.165) is 13.2 Å². The maximum atomic E-state index is 13.6. The number of carbonyl (C=O) groups is 3. The van der Waals surface area contributed by atoms with Gasteiger partial charge in [0.2, 0.25) is 5.91 Å². The number of hydrogen-bond acceptors (Lipinski definition) is 4. The van der Waals surface area contributed by atoms with Gasteiger partial charge in [-0.2, -0.15) is 13.2 Å². The Morgan fingerprint density at radius 1 is 1.35 bits per heavy atom. The van der Waals surface area contributed by atoms with Crippen LogP contribution in [-0.2, 0) is 19.7 Å². The fraction of sp³-hybridized carbons (Fsp3) is 0.357. The van der Waals surface area contributed by atoms with Crippen molar-refractivity contribution in [3.05, 3.63) is 33.8 Å². The van der Waals surface area contributed by atoms with Crippen molar-refractivity contribution in [3.8, 4) is 0 Å². The molecule has 0 radical (unpaired) electrons. The summed E-state index contributed by atoms with van der Waals surface area (Å²) in [6.45, 7) is -0.188. The van der Waals surface area contributed by atoms with Gasteiger partial charge in [-0.25, -0.2) is 0 Å². The van der Waals surface area contributed by atoms with Gasteiger partial charge >= 0.3 is 12.1 Å². The molecular weight excluding hydrogens is 383 g/mol. The number of ether oxygens (including phenoxy) is 1. The van der Waals surface area contributed by atoms with Crippen LogP contribution in [-0.4, -0.2) is 42.5 Å². The summed E-state index contributed by atoms with van der Waals surface area (Å²) in [6, 6.07) is 3.66. The third-order valence-corrected chi connectivity index (χ3v) is 4.24. The third-order valence-electron chi connectivity index (χ3n) is 3.75. The highest BCUT2D eigenvalue weighted by molar-refractivity contribution is 9.10. The van der Waals surface area contributed by atoms with Crippen LogP contribution in [0.1, 0.15) is 22.8 Å². The van der Waals surface area contributed by atoms with Gasteiger partial charge in [0.15, 0.2) is 5.41 Å². The molecule has 1 aliphatic heterocycles. The number of nitrogens with zero attached hydrogens (tertiary/aromatic N) is 1. The number of alkyl halides is 3. The number of hydrogen-bond donors (Lipinski definition) is 0. The van der Waals surface area contributed by atoms with Gasteiger partial charge in [0.25, 0.3) is 5.91 Å². The fourth-order valence-corrected chi connectivity index (χ4v) is 2.71. The Bertz CT molecular complexity index is 704. The Kier molecular flexibility index (Phi) is 4.27. The number of imide groups is 1. The van der Waals surface area contributed by atoms with E-state index in [2.05, 4.69) is 20.7 Å². The number of halogens is 4. The molecule has 1 aromatic carbocycles. The molecule has 1 aliphatic rings. The van der Waals surface area contributed by atoms with Crippen molar-refractivity contribution in [3.63, 3.8) is 0 Å². The second-order valence-electron chi connectivity index (χ2n) is 5.09. The topological polar surface area (TPSA) is 63.7 Å². The third kappa shape index (κ3) is 2.62. The van der Waals surface area contributed by atoms with E-state index in [1.165, 1.54) is 12.1 Å². The van der Waals surface area contributed by atoms with E-state index in [0.29, 0.717) is 11.4 Å². The van der Waals surface area contributed by atoms with Crippen LogP contribution < -0.4 is 0 Å². The summed E-state index contributed by atoms with van der Waals surface area (Å²) >= 11 is 3.04. The predicted molar refractivity (Wildman–Crippen MR) is 75.6 cm³/mol. The number of esters is 1. The molecule has 0 saturated heterocycles. The molecule has 2 amide bonds. The average molecular weight is 394 g/mol. The Morgan fingerprint density at radius 3 is 2.48 bits per heavy atom. The zero-order chi connectivity index (χ0) is 17.6. The van der Waals surface area contributed by atoms with Gasteiger partial charge < -0.3 is 4.74 Å². The van der Waals surface area contributed by atoms with Gasteiger partial charge in [-0.1, -0.05) is 15.9 Å². The summed E-state index contributed by atoms with van der Waals surface area (Å²) in [5.74, 6) is -3.47. The molecule has 5 nitrogen and oxygen atoms in total. The summed E-state index contributed by atoms with van der Waals surface area (Å²) in [7, 11) is 1.01. The summed E-state index contributed by atoms with van der Waals surface area (Å²) in [6.07, 6.45) is -4.95. The molecule has 0 N–H and O–H groups in total. The minimum absolute atomic E-state index is 0.273. The summed E-state index contributed by atoms with van der Waals surface area (Å²) in [5.41, 5.74) is -3.67. The van der Waals surface area contributed by atoms with E-state index >= 15 is 0 Å². The van der Waals surface area contributed by atoms with E-state index < -0.39 is 41.5 Å². The number of carbonyl (C=O) groups excluding carboxylic acids is 3. The summed E-state index contributed by atoms with van der Waals surface area (Å²) in [4.78, 5) is 36.3. The highest BCUT2D eigenvalue weighted by Gasteiger charge is 2.63. The van der Waals surface area contributed by atoms with Crippen LogP contribution >= 0.6 is 15.9 Å². The average Bonchev–Trinajstić information content (AvgIpc) is 2.47. The minimum atomic E-state index is -4.95. The van der Waals surface area contributed by atoms with Gasteiger partial charge in [-0.3, -0.25) is 19.3 Å². The van der Waals surface area contributed by atoms with Crippen LogP contribution in [0.25, 0.3) is 0 Å². The largest absolute Gasteiger partial charge is 0.468 e. The zero-order valence-corrected chi connectivity index (χ0v) is 13.6. The molecule has 1 heterocycles. The first-order valence-electron chi connectivity index (χ1n) is 6.34. The van der Waals surface area contributed by atoms with E-state index in [9.17, 15) is 27.6 Å². The molecule has 1 unspecified atom stereocenters. The Balaban J connectivity index is 2.70. The maximum Gasteiger partial charge on any atom is 0.406 e. The van der Waals surface area contributed by atoms with Crippen LogP contribution in [0.15, 0.2) is 22.7 Å². The molecule has 0 aliphatic carbocycles. The number of amides is 2. The number of rotatable bonds is 2. The van der Waals surface area contributed by atoms with Crippen molar-refractivity contribution in [1.29, 1.82) is 0 Å². The molecule has 0 saturated carbocycles. The molecule has 1 aromatic rings. The quantitative estimate of drug-likeness (QED) is 0.571. The van der Waals surface area contributed by atoms with Crippen LogP contribution in [0.4, 0.5) is 13.2 Å². The minimum Gasteiger partial charge on any atom is -0.468 e. The molecular formula is C14H11BrF3NO4. The predicted octanol–water partition coefficient (Wildman–Crippen LogP) is 2.42. The molecule has 0 bridgehead atoms. The van der Waals surface area contributed by atoms with E-state index in [4.69, 9.17) is 0 Å². The lowest BCUT2D eigenvalue weighted by molar-refractivity contribution is -0.197. The zero-order valence-electron chi connectivity index (χ0n) is 12.0. The van der Waals surface area contributed by atoms with Gasteiger partial charge in [-0.05, 0) is 30.7 Å². The highest BCUT2D eigenvalue weighted by atomic mass is 79.9. The second-order valence-corrected chi connectivity index (χ2v) is 6.00. The van der Waals surface area contributed by atoms with Gasteiger partial charge in [-0.15, -0.1) is 0 Å². The normalized spacial score (nSPS) is 21.2. The Hall–Kier alpha value is -1.90. The van der Waals surface area contributed by atoms with Gasteiger partial charge in [0.1, 0.15) is 6.54 Å². The van der Waals surface area contributed by atoms with Crippen molar-refractivity contribution in [2.75, 3.05) is 13.7 Å². The van der Waals surface area contributed by atoms with E-state index in [-0.39, 0.29) is 10.5 Å². The van der Waals surface area contributed by atoms with Crippen molar-refractivity contribution in [2.24, 2.45) is 0 Å². The Morgan fingerprint density at radius 2 is 1.96 bits per heavy atom. The number of benzene rings is 1. The molecule has 23 heavy (non-hydrogen) atoms. The smallest absolute Gasteiger partial charge is 0.406 e. The highest BCUT2D eigenvalue weighted by Crippen LogP contribution is 2.47. The molecule has 124 valence electrons. The molecule has 0 spiro atoms. The fourth-order valence-electron chi connectivity index (χ4n) is 2.35. The van der Waals surface area contributed by atoms with Crippen molar-refractivity contribution in [2.45, 2.75) is 18.5 Å². The lowest BCUT2D eigenvalue weighted by Crippen LogP contribution is -2.60. The number of methoxy groups -OCH3 is 1. The lowest BCUT2D eigenvalue weighted by atomic mass is 9.75. The molecule has 0 aromatic heterocycles. The lowest BCUT2D eigenvalue weighted by Gasteiger charge is -2.40. The monoisotopic (exact) mass is 393 g/mol. The summed E-state index contributed by atoms with van der Waals surface area (Å²) < 4.78 is 45.5. The number of fused-ring (bicyclic) bond motifs is 1. The summed E-state index contributed by atoms with van der Waals surface area (Å²) in [5, 5.41) is 0. The SMILES string of the molecule is COC(=O)CN1C(=O)c2ccc(Br)cc2C(C)(C(F)(F)F)C1=O. The first-order chi connectivity index (χ1) is 10.5. The van der Waals surface area contributed by atoms with Crippen LogP contribution in [0, 0.1) is 0 Å². The molecule has 0 fully saturated rings. The van der Waals surface area contributed by atoms with Gasteiger partial charge in [0, 0.05) is 10.0 Å². The van der Waals surface area contributed by atoms with Crippen molar-refractivity contribution in [1.82, 2.24) is 4.90 Å². The molecule has 2 rings (SSSR count). The Labute approximate surface area is 137 Å². The first-order valence-corrected chi connectivity index (χ1v) is 7.13. The van der Waals surface area contributed by atoms with Gasteiger partial charge in [0.05, 0.1) is 7.11 Å². The molecule has 9 heteroatoms. The molecule has 1 atom stereocenters. The van der Waals surface area contributed by atoms with Crippen LogP contribution in [0.5, 0.6) is 0 Å².